The predicted molar refractivity (Wildman–Crippen MR) is 89.5 cm³/mol. The number of hydrogen-bond acceptors (Lipinski definition) is 5. The number of aromatic nitrogens is 1. The Morgan fingerprint density at radius 1 is 1.38 bits per heavy atom. The van der Waals surface area contributed by atoms with Gasteiger partial charge in [-0.2, -0.15) is 4.99 Å². The number of hydrogen-bond donors (Lipinski definition) is 0. The molecule has 0 fully saturated rings. The summed E-state index contributed by atoms with van der Waals surface area (Å²) in [7, 11) is 0. The maximum atomic E-state index is 14.1. The van der Waals surface area contributed by atoms with Gasteiger partial charge in [-0.25, -0.2) is 4.39 Å². The number of halogens is 1. The van der Waals surface area contributed by atoms with Crippen molar-refractivity contribution in [1.29, 1.82) is 0 Å². The van der Waals surface area contributed by atoms with Gasteiger partial charge in [0.1, 0.15) is 10.7 Å². The molecule has 24 heavy (non-hydrogen) atoms. The number of benzene rings is 1. The van der Waals surface area contributed by atoms with Crippen LogP contribution in [0.2, 0.25) is 0 Å². The van der Waals surface area contributed by atoms with Crippen LogP contribution in [0.15, 0.2) is 35.3 Å². The molecule has 0 atom stereocenters. The number of thiazole rings is 1. The van der Waals surface area contributed by atoms with Crippen LogP contribution in [-0.4, -0.2) is 15.4 Å². The summed E-state index contributed by atoms with van der Waals surface area (Å²) in [6, 6.07) is 7.15. The normalized spacial score (nSPS) is 11.6. The molecule has 0 bridgehead atoms. The van der Waals surface area contributed by atoms with Gasteiger partial charge in [0.2, 0.25) is 0 Å². The van der Waals surface area contributed by atoms with Crippen LogP contribution >= 0.6 is 22.7 Å². The van der Waals surface area contributed by atoms with Gasteiger partial charge in [-0.1, -0.05) is 34.7 Å². The minimum Gasteiger partial charge on any atom is -0.302 e. The minimum absolute atomic E-state index is 0.0532. The standard InChI is InChI=1S/C15H8FN3O3S2/c1-2-8-18-13-9(16)4-3-5-10(13)24-15(18)17-14(20)11-6-7-12(23-11)19(21)22/h1,3-7H,8H2. The van der Waals surface area contributed by atoms with Crippen LogP contribution in [0.5, 0.6) is 0 Å². The zero-order valence-corrected chi connectivity index (χ0v) is 13.6. The summed E-state index contributed by atoms with van der Waals surface area (Å²) in [5, 5.41) is 10.6. The lowest BCUT2D eigenvalue weighted by Gasteiger charge is -2.00. The van der Waals surface area contributed by atoms with E-state index in [1.54, 1.807) is 12.1 Å². The predicted octanol–water partition coefficient (Wildman–Crippen LogP) is 3.19. The van der Waals surface area contributed by atoms with Crippen LogP contribution in [0.25, 0.3) is 10.2 Å². The Hall–Kier alpha value is -2.83. The smallest absolute Gasteiger partial charge is 0.302 e. The van der Waals surface area contributed by atoms with Crippen molar-refractivity contribution in [1.82, 2.24) is 4.57 Å². The third kappa shape index (κ3) is 2.84. The lowest BCUT2D eigenvalue weighted by Crippen LogP contribution is -2.16. The number of terminal acetylenes is 1. The number of rotatable bonds is 3. The Balaban J connectivity index is 2.13. The molecule has 120 valence electrons. The summed E-state index contributed by atoms with van der Waals surface area (Å²) >= 11 is 1.86. The van der Waals surface area contributed by atoms with Crippen LogP contribution in [0.4, 0.5) is 9.39 Å². The largest absolute Gasteiger partial charge is 0.324 e. The van der Waals surface area contributed by atoms with Crippen LogP contribution in [0.3, 0.4) is 0 Å². The SMILES string of the molecule is C#CCn1c(=NC(=O)c2ccc([N+](=O)[O-])s2)sc2cccc(F)c21. The summed E-state index contributed by atoms with van der Waals surface area (Å²) in [5.74, 6) is 1.31. The first-order valence-electron chi connectivity index (χ1n) is 6.56. The molecule has 0 aliphatic rings. The highest BCUT2D eigenvalue weighted by Crippen LogP contribution is 2.25. The number of amides is 1. The second kappa shape index (κ2) is 6.35. The number of para-hydroxylation sites is 1. The average Bonchev–Trinajstić information content (AvgIpc) is 3.14. The number of thiophene rings is 1. The second-order valence-electron chi connectivity index (χ2n) is 4.57. The molecule has 0 radical (unpaired) electrons. The van der Waals surface area contributed by atoms with E-state index in [-0.39, 0.29) is 26.7 Å². The molecule has 0 saturated heterocycles. The third-order valence-corrected chi connectivity index (χ3v) is 5.15. The Labute approximate surface area is 142 Å². The molecule has 1 aromatic carbocycles. The van der Waals surface area contributed by atoms with Gasteiger partial charge in [0.25, 0.3) is 5.91 Å². The van der Waals surface area contributed by atoms with Gasteiger partial charge in [-0.3, -0.25) is 14.9 Å². The molecule has 0 spiro atoms. The fourth-order valence-corrected chi connectivity index (χ4v) is 3.84. The highest BCUT2D eigenvalue weighted by molar-refractivity contribution is 7.17. The molecular formula is C15H8FN3O3S2. The maximum absolute atomic E-state index is 14.1. The van der Waals surface area contributed by atoms with Crippen molar-refractivity contribution < 1.29 is 14.1 Å². The molecule has 3 rings (SSSR count). The number of carbonyl (C=O) groups excluding carboxylic acids is 1. The molecule has 0 aliphatic heterocycles. The molecule has 0 saturated carbocycles. The monoisotopic (exact) mass is 361 g/mol. The molecular weight excluding hydrogens is 353 g/mol. The molecule has 0 N–H and O–H groups in total. The van der Waals surface area contributed by atoms with Gasteiger partial charge < -0.3 is 4.57 Å². The van der Waals surface area contributed by atoms with Gasteiger partial charge in [0.15, 0.2) is 4.80 Å². The van der Waals surface area contributed by atoms with E-state index in [1.807, 2.05) is 0 Å². The number of fused-ring (bicyclic) bond motifs is 1. The van der Waals surface area contributed by atoms with E-state index in [0.717, 1.165) is 22.7 Å². The van der Waals surface area contributed by atoms with Crippen molar-refractivity contribution >= 4 is 43.8 Å². The summed E-state index contributed by atoms with van der Waals surface area (Å²) < 4.78 is 16.1. The molecule has 2 aromatic heterocycles. The fourth-order valence-electron chi connectivity index (χ4n) is 2.09. The van der Waals surface area contributed by atoms with Gasteiger partial charge in [-0.05, 0) is 18.2 Å². The molecule has 9 heteroatoms. The van der Waals surface area contributed by atoms with E-state index in [4.69, 9.17) is 6.42 Å². The number of nitrogens with zero attached hydrogens (tertiary/aromatic N) is 3. The van der Waals surface area contributed by atoms with Crippen LogP contribution < -0.4 is 4.80 Å². The van der Waals surface area contributed by atoms with E-state index in [1.165, 1.54) is 22.8 Å². The number of carbonyl (C=O) groups is 1. The van der Waals surface area contributed by atoms with E-state index in [2.05, 4.69) is 10.9 Å². The zero-order valence-electron chi connectivity index (χ0n) is 11.9. The molecule has 2 heterocycles. The first-order valence-corrected chi connectivity index (χ1v) is 8.19. The van der Waals surface area contributed by atoms with Crippen LogP contribution in [0, 0.1) is 28.3 Å². The topological polar surface area (TPSA) is 77.5 Å². The first-order chi connectivity index (χ1) is 11.5. The molecule has 0 aliphatic carbocycles. The van der Waals surface area contributed by atoms with Gasteiger partial charge >= 0.3 is 5.00 Å². The van der Waals surface area contributed by atoms with Gasteiger partial charge in [0, 0.05) is 6.07 Å². The molecule has 0 unspecified atom stereocenters. The lowest BCUT2D eigenvalue weighted by molar-refractivity contribution is -0.380. The van der Waals surface area contributed by atoms with Crippen LogP contribution in [-0.2, 0) is 6.54 Å². The number of nitro groups is 1. The lowest BCUT2D eigenvalue weighted by atomic mass is 10.3. The van der Waals surface area contributed by atoms with Crippen molar-refractivity contribution in [2.75, 3.05) is 0 Å². The maximum Gasteiger partial charge on any atom is 0.324 e. The molecule has 3 aromatic rings. The van der Waals surface area contributed by atoms with Crippen molar-refractivity contribution in [3.63, 3.8) is 0 Å². The zero-order chi connectivity index (χ0) is 17.3. The van der Waals surface area contributed by atoms with Crippen molar-refractivity contribution in [2.24, 2.45) is 4.99 Å². The fraction of sp³-hybridized carbons (Fsp3) is 0.0667. The third-order valence-electron chi connectivity index (χ3n) is 3.08. The van der Waals surface area contributed by atoms with E-state index >= 15 is 0 Å². The van der Waals surface area contributed by atoms with Crippen molar-refractivity contribution in [3.05, 3.63) is 55.9 Å². The Morgan fingerprint density at radius 2 is 2.17 bits per heavy atom. The highest BCUT2D eigenvalue weighted by Gasteiger charge is 2.16. The van der Waals surface area contributed by atoms with E-state index in [9.17, 15) is 19.3 Å². The first kappa shape index (κ1) is 16.0. The Morgan fingerprint density at radius 3 is 2.83 bits per heavy atom. The van der Waals surface area contributed by atoms with Crippen LogP contribution in [0.1, 0.15) is 9.67 Å². The Kier molecular flexibility index (Phi) is 4.24. The Bertz CT molecular complexity index is 1070. The van der Waals surface area contributed by atoms with E-state index < -0.39 is 16.6 Å². The molecule has 6 nitrogen and oxygen atoms in total. The molecule has 1 amide bonds. The summed E-state index contributed by atoms with van der Waals surface area (Å²) in [6.45, 7) is 0.0532. The average molecular weight is 361 g/mol. The van der Waals surface area contributed by atoms with E-state index in [0.29, 0.717) is 4.70 Å². The van der Waals surface area contributed by atoms with Crippen molar-refractivity contribution in [3.8, 4) is 12.3 Å². The summed E-state index contributed by atoms with van der Waals surface area (Å²) in [6.07, 6.45) is 5.32. The van der Waals surface area contributed by atoms with Gasteiger partial charge in [0.05, 0.1) is 21.7 Å². The highest BCUT2D eigenvalue weighted by atomic mass is 32.1. The summed E-state index contributed by atoms with van der Waals surface area (Å²) in [4.78, 5) is 26.7. The summed E-state index contributed by atoms with van der Waals surface area (Å²) in [5.41, 5.74) is 0.282. The van der Waals surface area contributed by atoms with Gasteiger partial charge in [-0.15, -0.1) is 6.42 Å². The quantitative estimate of drug-likeness (QED) is 0.408. The van der Waals surface area contributed by atoms with Crippen molar-refractivity contribution in [2.45, 2.75) is 6.54 Å². The second-order valence-corrected chi connectivity index (χ2v) is 6.64. The minimum atomic E-state index is -0.633.